The van der Waals surface area contributed by atoms with E-state index in [1.165, 1.54) is 0 Å². The molecule has 5 aliphatic heterocycles. The van der Waals surface area contributed by atoms with Gasteiger partial charge in [-0.2, -0.15) is 0 Å². The number of piperazine rings is 3. The summed E-state index contributed by atoms with van der Waals surface area (Å²) < 4.78 is 36.5. The second kappa shape index (κ2) is 42.4. The van der Waals surface area contributed by atoms with Crippen LogP contribution in [0.25, 0.3) is 90.3 Å². The van der Waals surface area contributed by atoms with E-state index in [0.29, 0.717) is 79.9 Å². The Morgan fingerprint density at radius 1 is 0.326 bits per heavy atom. The van der Waals surface area contributed by atoms with Crippen LogP contribution in [0.1, 0.15) is 32.3 Å². The number of nitrogens with one attached hydrogen (secondary N) is 3. The van der Waals surface area contributed by atoms with Gasteiger partial charge in [-0.05, 0) is 180 Å². The molecule has 0 unspecified atom stereocenters. The van der Waals surface area contributed by atoms with Gasteiger partial charge in [-0.1, -0.05) is 49.4 Å². The lowest BCUT2D eigenvalue weighted by Gasteiger charge is -2.35. The first-order valence-electron chi connectivity index (χ1n) is 45.9. The van der Waals surface area contributed by atoms with Crippen molar-refractivity contribution in [2.75, 3.05) is 198 Å². The zero-order valence-corrected chi connectivity index (χ0v) is 77.7. The molecule has 0 bridgehead atoms. The molecule has 21 rings (SSSR count). The smallest absolute Gasteiger partial charge is 0.258 e. The van der Waals surface area contributed by atoms with E-state index in [0.717, 1.165) is 223 Å². The molecule has 0 radical (unpaired) electrons. The maximum atomic E-state index is 12.8. The number of anilines is 5. The topological polar surface area (TPSA) is 294 Å². The van der Waals surface area contributed by atoms with Crippen LogP contribution in [0.2, 0.25) is 0 Å². The Labute approximate surface area is 781 Å². The van der Waals surface area contributed by atoms with Gasteiger partial charge < -0.3 is 78.3 Å². The van der Waals surface area contributed by atoms with Crippen LogP contribution in [0.5, 0.6) is 28.7 Å². The summed E-state index contributed by atoms with van der Waals surface area (Å²) in [6.07, 6.45) is 15.6. The van der Waals surface area contributed by atoms with Crippen molar-refractivity contribution in [1.82, 2.24) is 82.1 Å². The van der Waals surface area contributed by atoms with E-state index in [2.05, 4.69) is 113 Å². The molecule has 0 aliphatic carbocycles. The van der Waals surface area contributed by atoms with E-state index in [1.807, 2.05) is 206 Å². The molecule has 16 aromatic rings. The average Bonchev–Trinajstić information content (AvgIpc) is 1.64. The summed E-state index contributed by atoms with van der Waals surface area (Å²) in [6, 6.07) is 60.3. The fraction of sp³-hybridized carbons (Fsp3) is 0.311. The third-order valence-corrected chi connectivity index (χ3v) is 25.0. The quantitative estimate of drug-likeness (QED) is 0.0810. The fourth-order valence-corrected chi connectivity index (χ4v) is 17.5. The van der Waals surface area contributed by atoms with Crippen LogP contribution in [0, 0.1) is 6.92 Å². The van der Waals surface area contributed by atoms with Crippen LogP contribution in [0.4, 0.5) is 28.4 Å². The van der Waals surface area contributed by atoms with Crippen LogP contribution < -0.4 is 91.9 Å². The molecule has 32 nitrogen and oxygen atoms in total. The number of likely N-dealkylation sites (N-methyl/N-ethyl adjacent to an activating group) is 2. The number of imidazole rings is 1. The Morgan fingerprint density at radius 2 is 0.704 bits per heavy atom. The van der Waals surface area contributed by atoms with Crippen molar-refractivity contribution in [1.29, 1.82) is 0 Å². The van der Waals surface area contributed by atoms with Gasteiger partial charge in [-0.3, -0.25) is 46.0 Å². The van der Waals surface area contributed by atoms with E-state index in [-0.39, 0.29) is 27.8 Å². The summed E-state index contributed by atoms with van der Waals surface area (Å²) in [4.78, 5) is 108. The van der Waals surface area contributed by atoms with Gasteiger partial charge >= 0.3 is 0 Å². The minimum atomic E-state index is -0.111. The van der Waals surface area contributed by atoms with E-state index in [9.17, 15) is 24.0 Å². The Morgan fingerprint density at radius 3 is 1.15 bits per heavy atom. The Kier molecular flexibility index (Phi) is 28.9. The molecule has 696 valence electrons. The largest absolute Gasteiger partial charge is 0.497 e. The number of methoxy groups -OCH3 is 5. The lowest BCUT2D eigenvalue weighted by Crippen LogP contribution is -2.49. The van der Waals surface area contributed by atoms with Crippen LogP contribution >= 0.6 is 0 Å². The molecule has 0 spiro atoms. The summed E-state index contributed by atoms with van der Waals surface area (Å²) in [7, 11) is 10.2. The SMILES string of the molecule is CCN1CCN(c2ccc3nc(-c4cccc(OC)c4)cc(=O)n3c2)CC1.COc1ccc(-c2cc(=O)n3cc(N4CCN[C@@H](C)C4)ccc3n2)cc1OC.COc1cccc(-c2cc(=O)n3cc(N4CCCN(C)CC4)ccc3n2)c1.COc1cccc(-c2cc(=O)n3cc(N4CCCNCC4)ccc3n2)c1.Cc1ccc2nc(-c3cc(=O)n4cc(N5CCNCC5)ccc4n3)cn2c1. The van der Waals surface area contributed by atoms with Crippen molar-refractivity contribution in [3.63, 3.8) is 0 Å². The predicted octanol–water partition coefficient (Wildman–Crippen LogP) is 11.1. The molecule has 5 saturated heterocycles. The van der Waals surface area contributed by atoms with Gasteiger partial charge in [0.1, 0.15) is 56.8 Å². The van der Waals surface area contributed by atoms with Crippen molar-refractivity contribution < 1.29 is 23.7 Å². The highest BCUT2D eigenvalue weighted by atomic mass is 16.5. The number of pyridine rings is 6. The van der Waals surface area contributed by atoms with Crippen LogP contribution in [0.3, 0.4) is 0 Å². The lowest BCUT2D eigenvalue weighted by molar-refractivity contribution is 0.271. The van der Waals surface area contributed by atoms with Crippen LogP contribution in [-0.2, 0) is 0 Å². The molecule has 3 N–H and O–H groups in total. The number of aromatic nitrogens is 12. The molecule has 17 heterocycles. The number of nitrogens with zero attached hydrogens (tertiary/aromatic N) is 19. The fourth-order valence-electron chi connectivity index (χ4n) is 17.5. The predicted molar refractivity (Wildman–Crippen MR) is 534 cm³/mol. The monoisotopic (exact) mass is 1820 g/mol. The number of benzene rings is 4. The highest BCUT2D eigenvalue weighted by molar-refractivity contribution is 5.71. The second-order valence-corrected chi connectivity index (χ2v) is 34.0. The molecule has 1 atom stereocenters. The van der Waals surface area contributed by atoms with Gasteiger partial charge in [0.15, 0.2) is 11.5 Å². The number of aryl methyl sites for hydroxylation is 1. The summed E-state index contributed by atoms with van der Waals surface area (Å²) >= 11 is 0. The molecule has 5 aliphatic rings. The van der Waals surface area contributed by atoms with E-state index in [1.54, 1.807) is 87.9 Å². The van der Waals surface area contributed by atoms with Gasteiger partial charge in [0.05, 0.1) is 92.5 Å². The molecule has 32 heteroatoms. The first-order chi connectivity index (χ1) is 65.8. The minimum absolute atomic E-state index is 0.0770. The van der Waals surface area contributed by atoms with Crippen molar-refractivity contribution in [2.24, 2.45) is 0 Å². The summed E-state index contributed by atoms with van der Waals surface area (Å²) in [5.74, 6) is 3.48. The summed E-state index contributed by atoms with van der Waals surface area (Å²) in [5, 5.41) is 10.2. The molecular formula is C103H114N22O10. The van der Waals surface area contributed by atoms with E-state index in [4.69, 9.17) is 23.7 Å². The van der Waals surface area contributed by atoms with Gasteiger partial charge in [0, 0.05) is 213 Å². The molecule has 0 amide bonds. The number of ether oxygens (including phenoxy) is 5. The van der Waals surface area contributed by atoms with Gasteiger partial charge in [0.25, 0.3) is 27.8 Å². The summed E-state index contributed by atoms with van der Waals surface area (Å²) in [6.45, 7) is 26.1. The van der Waals surface area contributed by atoms with E-state index < -0.39 is 0 Å². The van der Waals surface area contributed by atoms with Crippen molar-refractivity contribution in [3.8, 4) is 85.2 Å². The first-order valence-corrected chi connectivity index (χ1v) is 45.9. The van der Waals surface area contributed by atoms with E-state index >= 15 is 0 Å². The van der Waals surface area contributed by atoms with Crippen LogP contribution in [-0.4, -0.2) is 246 Å². The van der Waals surface area contributed by atoms with Crippen molar-refractivity contribution in [3.05, 3.63) is 295 Å². The lowest BCUT2D eigenvalue weighted by atomic mass is 10.1. The molecule has 135 heavy (non-hydrogen) atoms. The molecular weight excluding hydrogens is 1710 g/mol. The average molecular weight is 1820 g/mol. The second-order valence-electron chi connectivity index (χ2n) is 34.0. The number of hydrogen-bond acceptors (Lipinski definition) is 26. The highest BCUT2D eigenvalue weighted by Crippen LogP contribution is 2.34. The molecule has 0 saturated carbocycles. The van der Waals surface area contributed by atoms with Crippen molar-refractivity contribution in [2.45, 2.75) is 39.7 Å². The first kappa shape index (κ1) is 92.0. The Bertz CT molecular complexity index is 7240. The number of fused-ring (bicyclic) bond motifs is 6. The molecule has 4 aromatic carbocycles. The zero-order valence-electron chi connectivity index (χ0n) is 77.7. The van der Waals surface area contributed by atoms with Gasteiger partial charge in [-0.15, -0.1) is 0 Å². The normalized spacial score (nSPS) is 15.6. The third kappa shape index (κ3) is 21.8. The maximum absolute atomic E-state index is 12.8. The number of hydrogen-bond donors (Lipinski definition) is 3. The maximum Gasteiger partial charge on any atom is 0.258 e. The number of rotatable bonds is 16. The standard InChI is InChI=1S/C21H24N4O3.2C21H24N4O2.C20H20N6O.C20H22N4O2/c1-14-12-24(9-8-22-14)16-5-7-20-23-17(11-21(26)25(20)13-16)15-4-6-18(27-2)19(10-15)28-3;1-23-9-4-10-24(12-11-23)17-7-8-20-22-19(14-21(26)25(20)15-17)16-5-3-6-18(13-16)27-2;1-3-23-9-11-24(12-10-23)17-7-8-20-22-19(14-21(26)25(20)15-17)16-5-4-6-18(13-16)27-2;1-14-2-4-18-23-17(13-25(18)11-14)16-10-20(27)26-12-15(3-5-19(26)22-16)24-8-6-21-7-9-24;1-26-17-5-2-4-15(12-17)18-13-20(25)24-14-16(6-7-19(24)22-18)23-10-3-8-21-9-11-23/h4-7,10-11,13-14,22H,8-9,12H2,1-3H3;3,5-8,13-15H,4,9-12H2,1-2H3;4-8,13-15H,3,9-12H2,1-2H3;2-5,10-13,21H,6-9H2,1H3;2,4-7,12-14,21H,3,8-11H2,1H3/t14-;;;;/m0..../s1. The molecule has 5 fully saturated rings. The highest BCUT2D eigenvalue weighted by Gasteiger charge is 2.23. The summed E-state index contributed by atoms with van der Waals surface area (Å²) in [5.41, 5.74) is 17.3. The Balaban J connectivity index is 0.000000117. The third-order valence-electron chi connectivity index (χ3n) is 25.0. The van der Waals surface area contributed by atoms with Crippen LogP contribution in [0.15, 0.2) is 261 Å². The zero-order chi connectivity index (χ0) is 93.6. The minimum Gasteiger partial charge on any atom is -0.497 e. The Hall–Kier alpha value is -14.8. The van der Waals surface area contributed by atoms with Gasteiger partial charge in [-0.25, -0.2) is 29.9 Å². The van der Waals surface area contributed by atoms with Crippen molar-refractivity contribution >= 4 is 62.3 Å². The molecule has 12 aromatic heterocycles. The van der Waals surface area contributed by atoms with Gasteiger partial charge in [0.2, 0.25) is 0 Å².